The van der Waals surface area contributed by atoms with E-state index in [9.17, 15) is 9.59 Å². The van der Waals surface area contributed by atoms with Gasteiger partial charge in [0.1, 0.15) is 6.10 Å². The van der Waals surface area contributed by atoms with E-state index in [0.29, 0.717) is 17.8 Å². The number of hydrogen-bond acceptors (Lipinski definition) is 3. The predicted molar refractivity (Wildman–Crippen MR) is 92.2 cm³/mol. The summed E-state index contributed by atoms with van der Waals surface area (Å²) in [5.41, 5.74) is 1.53. The van der Waals surface area contributed by atoms with Crippen LogP contribution in [-0.4, -0.2) is 17.9 Å². The lowest BCUT2D eigenvalue weighted by molar-refractivity contribution is -0.156. The molecule has 3 heteroatoms. The zero-order chi connectivity index (χ0) is 17.1. The van der Waals surface area contributed by atoms with Crippen LogP contribution in [0.1, 0.15) is 59.3 Å². The Bertz CT molecular complexity index is 645. The van der Waals surface area contributed by atoms with Crippen molar-refractivity contribution < 1.29 is 14.3 Å². The maximum atomic E-state index is 11.8. The number of ether oxygens (including phenoxy) is 1. The van der Waals surface area contributed by atoms with Crippen molar-refractivity contribution in [2.24, 2.45) is 28.6 Å². The van der Waals surface area contributed by atoms with Crippen LogP contribution in [0, 0.1) is 28.6 Å². The van der Waals surface area contributed by atoms with Gasteiger partial charge in [-0.25, -0.2) is 0 Å². The Balaban J connectivity index is 1.63. The number of fused-ring (bicyclic) bond motifs is 5. The maximum Gasteiger partial charge on any atom is 0.302 e. The second kappa shape index (κ2) is 5.31. The van der Waals surface area contributed by atoms with E-state index in [4.69, 9.17) is 4.74 Å². The van der Waals surface area contributed by atoms with Crippen molar-refractivity contribution in [3.05, 3.63) is 23.8 Å². The zero-order valence-corrected chi connectivity index (χ0v) is 15.0. The van der Waals surface area contributed by atoms with E-state index in [0.717, 1.165) is 19.3 Å². The lowest BCUT2D eigenvalue weighted by atomic mass is 9.48. The molecule has 0 heterocycles. The van der Waals surface area contributed by atoms with Crippen LogP contribution in [0.2, 0.25) is 0 Å². The Labute approximate surface area is 144 Å². The standard InChI is InChI=1S/C21H28O3/c1-13(22)24-19-7-6-17-16-5-4-14-12-15(23)8-10-20(14,2)18(16)9-11-21(17,19)3/h8,10,12,16-19H,4-7,9,11H2,1-3H3/t16-,17-,18-,19-,20-,21-/m0/s1. The summed E-state index contributed by atoms with van der Waals surface area (Å²) in [6.07, 6.45) is 12.6. The van der Waals surface area contributed by atoms with Gasteiger partial charge in [0.05, 0.1) is 0 Å². The number of carbonyl (C=O) groups is 2. The molecule has 3 nitrogen and oxygen atoms in total. The van der Waals surface area contributed by atoms with Crippen LogP contribution >= 0.6 is 0 Å². The normalized spacial score (nSPS) is 46.6. The Morgan fingerprint density at radius 2 is 1.96 bits per heavy atom. The quantitative estimate of drug-likeness (QED) is 0.677. The van der Waals surface area contributed by atoms with Gasteiger partial charge >= 0.3 is 5.97 Å². The highest BCUT2D eigenvalue weighted by molar-refractivity contribution is 6.01. The van der Waals surface area contributed by atoms with Gasteiger partial charge in [0.15, 0.2) is 5.78 Å². The largest absolute Gasteiger partial charge is 0.462 e. The highest BCUT2D eigenvalue weighted by Gasteiger charge is 2.59. The Kier molecular flexibility index (Phi) is 3.56. The van der Waals surface area contributed by atoms with Crippen LogP contribution in [0.4, 0.5) is 0 Å². The molecule has 4 rings (SSSR count). The van der Waals surface area contributed by atoms with Gasteiger partial charge in [0.25, 0.3) is 0 Å². The van der Waals surface area contributed by atoms with Crippen molar-refractivity contribution in [1.29, 1.82) is 0 Å². The van der Waals surface area contributed by atoms with Crippen LogP contribution in [0.15, 0.2) is 23.8 Å². The number of hydrogen-bond donors (Lipinski definition) is 0. The van der Waals surface area contributed by atoms with Gasteiger partial charge in [-0.3, -0.25) is 9.59 Å². The molecule has 0 N–H and O–H groups in total. The van der Waals surface area contributed by atoms with Crippen molar-refractivity contribution in [3.8, 4) is 0 Å². The number of allylic oxidation sites excluding steroid dienone is 4. The average Bonchev–Trinajstić information content (AvgIpc) is 2.84. The first-order valence-corrected chi connectivity index (χ1v) is 9.46. The molecule has 4 aliphatic carbocycles. The smallest absolute Gasteiger partial charge is 0.302 e. The summed E-state index contributed by atoms with van der Waals surface area (Å²) >= 11 is 0. The van der Waals surface area contributed by atoms with Crippen molar-refractivity contribution in [1.82, 2.24) is 0 Å². The minimum Gasteiger partial charge on any atom is -0.462 e. The van der Waals surface area contributed by atoms with Crippen molar-refractivity contribution in [2.75, 3.05) is 0 Å². The summed E-state index contributed by atoms with van der Waals surface area (Å²) < 4.78 is 5.70. The van der Waals surface area contributed by atoms with E-state index in [2.05, 4.69) is 19.9 Å². The summed E-state index contributed by atoms with van der Waals surface area (Å²) in [7, 11) is 0. The van der Waals surface area contributed by atoms with E-state index < -0.39 is 0 Å². The summed E-state index contributed by atoms with van der Waals surface area (Å²) in [4.78, 5) is 23.3. The maximum absolute atomic E-state index is 11.8. The molecule has 0 spiro atoms. The molecular formula is C21H28O3. The fourth-order valence-corrected chi connectivity index (χ4v) is 6.54. The molecule has 0 unspecified atom stereocenters. The van der Waals surface area contributed by atoms with E-state index in [-0.39, 0.29) is 28.7 Å². The first-order valence-electron chi connectivity index (χ1n) is 9.46. The molecule has 0 bridgehead atoms. The van der Waals surface area contributed by atoms with Gasteiger partial charge in [-0.1, -0.05) is 25.5 Å². The van der Waals surface area contributed by atoms with Gasteiger partial charge in [-0.2, -0.15) is 0 Å². The first-order chi connectivity index (χ1) is 11.3. The molecule has 3 fully saturated rings. The number of rotatable bonds is 1. The second-order valence-electron chi connectivity index (χ2n) is 8.82. The van der Waals surface area contributed by atoms with E-state index >= 15 is 0 Å². The lowest BCUT2D eigenvalue weighted by Gasteiger charge is -2.56. The van der Waals surface area contributed by atoms with Gasteiger partial charge in [0.2, 0.25) is 0 Å². The third-order valence-electron chi connectivity index (χ3n) is 7.78. The molecule has 0 radical (unpaired) electrons. The van der Waals surface area contributed by atoms with Crippen LogP contribution in [0.3, 0.4) is 0 Å². The van der Waals surface area contributed by atoms with Gasteiger partial charge in [0, 0.05) is 17.8 Å². The van der Waals surface area contributed by atoms with Crippen molar-refractivity contribution in [2.45, 2.75) is 65.4 Å². The van der Waals surface area contributed by atoms with Gasteiger partial charge < -0.3 is 4.74 Å². The fraction of sp³-hybridized carbons (Fsp3) is 0.714. The third kappa shape index (κ3) is 2.16. The molecule has 130 valence electrons. The lowest BCUT2D eigenvalue weighted by Crippen LogP contribution is -2.50. The minimum absolute atomic E-state index is 0.0533. The number of esters is 1. The summed E-state index contributed by atoms with van der Waals surface area (Å²) in [6, 6.07) is 0. The molecule has 4 aliphatic rings. The Morgan fingerprint density at radius 3 is 2.71 bits per heavy atom. The van der Waals surface area contributed by atoms with Crippen molar-refractivity contribution >= 4 is 11.8 Å². The molecule has 0 aromatic heterocycles. The topological polar surface area (TPSA) is 43.4 Å². The first kappa shape index (κ1) is 16.1. The van der Waals surface area contributed by atoms with Crippen LogP contribution in [-0.2, 0) is 14.3 Å². The molecule has 0 amide bonds. The minimum atomic E-state index is -0.140. The van der Waals surface area contributed by atoms with E-state index in [1.807, 2.05) is 6.08 Å². The van der Waals surface area contributed by atoms with Gasteiger partial charge in [-0.15, -0.1) is 0 Å². The number of carbonyl (C=O) groups excluding carboxylic acids is 2. The fourth-order valence-electron chi connectivity index (χ4n) is 6.54. The van der Waals surface area contributed by atoms with Gasteiger partial charge in [-0.05, 0) is 68.4 Å². The zero-order valence-electron chi connectivity index (χ0n) is 15.0. The average molecular weight is 328 g/mol. The second-order valence-corrected chi connectivity index (χ2v) is 8.82. The molecule has 0 aliphatic heterocycles. The molecule has 3 saturated carbocycles. The highest BCUT2D eigenvalue weighted by atomic mass is 16.5. The highest BCUT2D eigenvalue weighted by Crippen LogP contribution is 2.64. The SMILES string of the molecule is CC(=O)O[C@H]1CC[C@H]2[C@@H]3CCC4=CC(=O)C=C[C@]4(C)[C@H]3CC[C@]12C. The Hall–Kier alpha value is -1.38. The predicted octanol–water partition coefficient (Wildman–Crippen LogP) is 4.23. The Morgan fingerprint density at radius 1 is 1.17 bits per heavy atom. The number of ketones is 1. The summed E-state index contributed by atoms with van der Waals surface area (Å²) in [5.74, 6) is 1.96. The molecule has 0 aromatic rings. The third-order valence-corrected chi connectivity index (χ3v) is 7.78. The monoisotopic (exact) mass is 328 g/mol. The van der Waals surface area contributed by atoms with E-state index in [1.165, 1.54) is 31.8 Å². The van der Waals surface area contributed by atoms with Crippen molar-refractivity contribution in [3.63, 3.8) is 0 Å². The molecule has 6 atom stereocenters. The van der Waals surface area contributed by atoms with Crippen LogP contribution in [0.25, 0.3) is 0 Å². The molecular weight excluding hydrogens is 300 g/mol. The molecule has 0 aromatic carbocycles. The van der Waals surface area contributed by atoms with E-state index in [1.54, 1.807) is 6.08 Å². The van der Waals surface area contributed by atoms with Crippen LogP contribution in [0.5, 0.6) is 0 Å². The summed E-state index contributed by atoms with van der Waals surface area (Å²) in [5, 5.41) is 0. The molecule has 0 saturated heterocycles. The summed E-state index contributed by atoms with van der Waals surface area (Å²) in [6.45, 7) is 6.22. The molecule has 24 heavy (non-hydrogen) atoms. The van der Waals surface area contributed by atoms with Crippen LogP contribution < -0.4 is 0 Å².